The maximum atomic E-state index is 12.0. The Morgan fingerprint density at radius 2 is 2.18 bits per heavy atom. The number of rotatable bonds is 5. The van der Waals surface area contributed by atoms with Gasteiger partial charge in [-0.15, -0.1) is 11.3 Å². The molecule has 0 saturated carbocycles. The lowest BCUT2D eigenvalue weighted by atomic mass is 10.2. The van der Waals surface area contributed by atoms with Gasteiger partial charge in [0.05, 0.1) is 5.25 Å². The van der Waals surface area contributed by atoms with Gasteiger partial charge in [0.25, 0.3) is 0 Å². The number of hydrogen-bond donors (Lipinski definition) is 2. The smallest absolute Gasteiger partial charge is 0.214 e. The van der Waals surface area contributed by atoms with Crippen molar-refractivity contribution in [3.05, 3.63) is 22.4 Å². The number of hydrogen-bond acceptors (Lipinski definition) is 4. The van der Waals surface area contributed by atoms with Crippen LogP contribution in [0.25, 0.3) is 0 Å². The van der Waals surface area contributed by atoms with Crippen molar-refractivity contribution in [3.63, 3.8) is 0 Å². The Labute approximate surface area is 106 Å². The van der Waals surface area contributed by atoms with E-state index in [1.165, 1.54) is 4.88 Å². The van der Waals surface area contributed by atoms with Gasteiger partial charge in [-0.3, -0.25) is 0 Å². The third kappa shape index (κ3) is 3.77. The highest BCUT2D eigenvalue weighted by Crippen LogP contribution is 2.12. The van der Waals surface area contributed by atoms with Crippen molar-refractivity contribution in [3.8, 4) is 0 Å². The monoisotopic (exact) mass is 274 g/mol. The van der Waals surface area contributed by atoms with Crippen molar-refractivity contribution in [2.75, 3.05) is 19.6 Å². The molecule has 2 rings (SSSR count). The standard InChI is InChI=1S/C11H18N2O2S2/c14-17(15,11-4-6-12-7-5-11)13-8-3-10-2-1-9-16-10/h1-2,9,11-13H,3-8H2. The molecule has 1 fully saturated rings. The van der Waals surface area contributed by atoms with Gasteiger partial charge >= 0.3 is 0 Å². The van der Waals surface area contributed by atoms with Gasteiger partial charge in [0.2, 0.25) is 10.0 Å². The molecule has 1 aromatic rings. The van der Waals surface area contributed by atoms with Crippen LogP contribution in [-0.4, -0.2) is 33.3 Å². The van der Waals surface area contributed by atoms with Crippen LogP contribution < -0.4 is 10.0 Å². The summed E-state index contributed by atoms with van der Waals surface area (Å²) in [7, 11) is -3.12. The summed E-state index contributed by atoms with van der Waals surface area (Å²) in [5.74, 6) is 0. The molecule has 4 nitrogen and oxygen atoms in total. The number of thiophene rings is 1. The van der Waals surface area contributed by atoms with Crippen molar-refractivity contribution in [1.29, 1.82) is 0 Å². The fourth-order valence-corrected chi connectivity index (χ4v) is 4.18. The Morgan fingerprint density at radius 3 is 2.82 bits per heavy atom. The fraction of sp³-hybridized carbons (Fsp3) is 0.636. The summed E-state index contributed by atoms with van der Waals surface area (Å²) in [6.07, 6.45) is 2.21. The van der Waals surface area contributed by atoms with E-state index in [-0.39, 0.29) is 5.25 Å². The van der Waals surface area contributed by atoms with E-state index in [1.54, 1.807) is 11.3 Å². The Morgan fingerprint density at radius 1 is 1.41 bits per heavy atom. The Kier molecular flexibility index (Phi) is 4.55. The van der Waals surface area contributed by atoms with Crippen molar-refractivity contribution in [2.45, 2.75) is 24.5 Å². The molecule has 0 bridgehead atoms. The Hall–Kier alpha value is -0.430. The molecule has 2 N–H and O–H groups in total. The molecular formula is C11H18N2O2S2. The first kappa shape index (κ1) is 13.0. The molecule has 1 aromatic heterocycles. The lowest BCUT2D eigenvalue weighted by Crippen LogP contribution is -2.42. The maximum Gasteiger partial charge on any atom is 0.214 e. The normalized spacial score (nSPS) is 18.4. The Balaban J connectivity index is 1.80. The lowest BCUT2D eigenvalue weighted by molar-refractivity contribution is 0.490. The number of nitrogens with one attached hydrogen (secondary N) is 2. The fourth-order valence-electron chi connectivity index (χ4n) is 1.99. The minimum Gasteiger partial charge on any atom is -0.317 e. The van der Waals surface area contributed by atoms with Gasteiger partial charge in [-0.2, -0.15) is 0 Å². The molecule has 0 aromatic carbocycles. The van der Waals surface area contributed by atoms with Crippen molar-refractivity contribution >= 4 is 21.4 Å². The van der Waals surface area contributed by atoms with Crippen LogP contribution in [0.2, 0.25) is 0 Å². The largest absolute Gasteiger partial charge is 0.317 e. The van der Waals surface area contributed by atoms with Crippen LogP contribution in [-0.2, 0) is 16.4 Å². The van der Waals surface area contributed by atoms with Gasteiger partial charge in [-0.05, 0) is 43.8 Å². The summed E-state index contributed by atoms with van der Waals surface area (Å²) >= 11 is 1.66. The van der Waals surface area contributed by atoms with E-state index in [4.69, 9.17) is 0 Å². The first-order chi connectivity index (χ1) is 8.18. The quantitative estimate of drug-likeness (QED) is 0.841. The predicted molar refractivity (Wildman–Crippen MR) is 70.8 cm³/mol. The average Bonchev–Trinajstić information content (AvgIpc) is 2.83. The molecule has 0 atom stereocenters. The second-order valence-corrected chi connectivity index (χ2v) is 7.30. The van der Waals surface area contributed by atoms with Crippen molar-refractivity contribution in [2.24, 2.45) is 0 Å². The minimum absolute atomic E-state index is 0.216. The average molecular weight is 274 g/mol. The molecular weight excluding hydrogens is 256 g/mol. The van der Waals surface area contributed by atoms with Crippen molar-refractivity contribution < 1.29 is 8.42 Å². The third-order valence-corrected chi connectivity index (χ3v) is 5.87. The van der Waals surface area contributed by atoms with Crippen LogP contribution in [0.4, 0.5) is 0 Å². The third-order valence-electron chi connectivity index (χ3n) is 2.98. The highest BCUT2D eigenvalue weighted by Gasteiger charge is 2.26. The SMILES string of the molecule is O=S(=O)(NCCc1cccs1)C1CCNCC1. The molecule has 17 heavy (non-hydrogen) atoms. The number of piperidine rings is 1. The van der Waals surface area contributed by atoms with Gasteiger partial charge in [0.1, 0.15) is 0 Å². The van der Waals surface area contributed by atoms with Crippen LogP contribution in [0.15, 0.2) is 17.5 Å². The molecule has 0 aliphatic carbocycles. The first-order valence-electron chi connectivity index (χ1n) is 5.90. The summed E-state index contributed by atoms with van der Waals surface area (Å²) in [6.45, 7) is 2.11. The zero-order chi connectivity index (χ0) is 12.1. The molecule has 1 aliphatic heterocycles. The van der Waals surface area contributed by atoms with Gasteiger partial charge in [0, 0.05) is 11.4 Å². The Bertz CT molecular complexity index is 422. The van der Waals surface area contributed by atoms with Crippen LogP contribution >= 0.6 is 11.3 Å². The minimum atomic E-state index is -3.12. The molecule has 1 aliphatic rings. The zero-order valence-electron chi connectivity index (χ0n) is 9.69. The first-order valence-corrected chi connectivity index (χ1v) is 8.33. The molecule has 1 saturated heterocycles. The van der Waals surface area contributed by atoms with E-state index in [0.29, 0.717) is 19.4 Å². The van der Waals surface area contributed by atoms with E-state index >= 15 is 0 Å². The second-order valence-electron chi connectivity index (χ2n) is 4.22. The van der Waals surface area contributed by atoms with E-state index < -0.39 is 10.0 Å². The van der Waals surface area contributed by atoms with E-state index in [9.17, 15) is 8.42 Å². The van der Waals surface area contributed by atoms with Crippen LogP contribution in [0.5, 0.6) is 0 Å². The van der Waals surface area contributed by atoms with Crippen LogP contribution in [0.3, 0.4) is 0 Å². The van der Waals surface area contributed by atoms with E-state index in [0.717, 1.165) is 19.5 Å². The molecule has 0 radical (unpaired) electrons. The second kappa shape index (κ2) is 5.95. The highest BCUT2D eigenvalue weighted by atomic mass is 32.2. The summed E-state index contributed by atoms with van der Waals surface area (Å²) in [6, 6.07) is 4.02. The molecule has 0 spiro atoms. The van der Waals surface area contributed by atoms with Gasteiger partial charge in [-0.25, -0.2) is 13.1 Å². The molecule has 6 heteroatoms. The summed E-state index contributed by atoms with van der Waals surface area (Å²) in [5.41, 5.74) is 0. The van der Waals surface area contributed by atoms with Crippen LogP contribution in [0, 0.1) is 0 Å². The predicted octanol–water partition coefficient (Wildman–Crippen LogP) is 0.962. The van der Waals surface area contributed by atoms with Gasteiger partial charge in [0.15, 0.2) is 0 Å². The molecule has 2 heterocycles. The van der Waals surface area contributed by atoms with Gasteiger partial charge in [-0.1, -0.05) is 6.07 Å². The van der Waals surface area contributed by atoms with E-state index in [2.05, 4.69) is 10.0 Å². The highest BCUT2D eigenvalue weighted by molar-refractivity contribution is 7.90. The van der Waals surface area contributed by atoms with E-state index in [1.807, 2.05) is 17.5 Å². The summed E-state index contributed by atoms with van der Waals surface area (Å²) in [5, 5.41) is 4.97. The summed E-state index contributed by atoms with van der Waals surface area (Å²) in [4.78, 5) is 1.22. The van der Waals surface area contributed by atoms with Crippen LogP contribution in [0.1, 0.15) is 17.7 Å². The van der Waals surface area contributed by atoms with Gasteiger partial charge < -0.3 is 5.32 Å². The molecule has 96 valence electrons. The molecule has 0 amide bonds. The lowest BCUT2D eigenvalue weighted by Gasteiger charge is -2.22. The van der Waals surface area contributed by atoms with Crippen molar-refractivity contribution in [1.82, 2.24) is 10.0 Å². The number of sulfonamides is 1. The zero-order valence-corrected chi connectivity index (χ0v) is 11.3. The summed E-state index contributed by atoms with van der Waals surface area (Å²) < 4.78 is 26.7. The molecule has 0 unspecified atom stereocenters. The topological polar surface area (TPSA) is 58.2 Å². The maximum absolute atomic E-state index is 12.0.